The summed E-state index contributed by atoms with van der Waals surface area (Å²) >= 11 is 0. The first-order chi connectivity index (χ1) is 13.3. The van der Waals surface area contributed by atoms with E-state index in [1.54, 1.807) is 11.1 Å². The molecule has 0 aromatic heterocycles. The van der Waals surface area contributed by atoms with Gasteiger partial charge in [0, 0.05) is 30.4 Å². The van der Waals surface area contributed by atoms with Crippen molar-refractivity contribution >= 4 is 36.1 Å². The van der Waals surface area contributed by atoms with Gasteiger partial charge in [-0.2, -0.15) is 0 Å². The maximum Gasteiger partial charge on any atom is 0.412 e. The Balaban J connectivity index is 0.00000205. The normalized spacial score (nSPS) is 29.0. The summed E-state index contributed by atoms with van der Waals surface area (Å²) in [6, 6.07) is 5.76. The van der Waals surface area contributed by atoms with Crippen LogP contribution in [0.25, 0.3) is 0 Å². The predicted octanol–water partition coefficient (Wildman–Crippen LogP) is 3.43. The number of allylic oxidation sites excluding steroid dienone is 1. The van der Waals surface area contributed by atoms with E-state index >= 15 is 0 Å². The minimum atomic E-state index is -0.847. The average molecular weight is 420 g/mol. The number of nitrogens with zero attached hydrogens (tertiary/aromatic N) is 3. The molecular formula is C20H26ClN5O3. The molecule has 1 amide bonds. The lowest BCUT2D eigenvalue weighted by atomic mass is 9.85. The van der Waals surface area contributed by atoms with Crippen molar-refractivity contribution in [3.63, 3.8) is 0 Å². The number of anilines is 2. The van der Waals surface area contributed by atoms with E-state index in [1.165, 1.54) is 0 Å². The number of halogens is 1. The largest absolute Gasteiger partial charge is 0.444 e. The Bertz CT molecular complexity index is 904. The van der Waals surface area contributed by atoms with Gasteiger partial charge in [0.1, 0.15) is 5.60 Å². The van der Waals surface area contributed by atoms with Crippen LogP contribution in [0.3, 0.4) is 0 Å². The molecule has 5 aliphatic rings. The van der Waals surface area contributed by atoms with E-state index in [0.29, 0.717) is 12.2 Å². The van der Waals surface area contributed by atoms with Crippen molar-refractivity contribution in [3.8, 4) is 0 Å². The number of rotatable bonds is 1. The Labute approximate surface area is 176 Å². The molecule has 1 aromatic rings. The Morgan fingerprint density at radius 1 is 1.41 bits per heavy atom. The van der Waals surface area contributed by atoms with Gasteiger partial charge in [-0.05, 0) is 45.4 Å². The molecule has 2 bridgehead atoms. The molecule has 0 radical (unpaired) electrons. The molecule has 1 aromatic carbocycles. The third-order valence-corrected chi connectivity index (χ3v) is 5.59. The van der Waals surface area contributed by atoms with Gasteiger partial charge < -0.3 is 15.2 Å². The Hall–Kier alpha value is -2.45. The number of ether oxygens (including phenoxy) is 2. The summed E-state index contributed by atoms with van der Waals surface area (Å²) < 4.78 is 11.9. The second-order valence-corrected chi connectivity index (χ2v) is 8.66. The number of nitrogen functional groups attached to an aromatic ring is 1. The van der Waals surface area contributed by atoms with Crippen molar-refractivity contribution in [1.82, 2.24) is 9.91 Å². The fourth-order valence-electron chi connectivity index (χ4n) is 4.44. The van der Waals surface area contributed by atoms with Crippen LogP contribution in [0, 0.1) is 0 Å². The second kappa shape index (κ2) is 6.53. The van der Waals surface area contributed by atoms with Gasteiger partial charge in [0.05, 0.1) is 17.5 Å². The summed E-state index contributed by atoms with van der Waals surface area (Å²) in [5.41, 5.74) is 11.6. The molecule has 29 heavy (non-hydrogen) atoms. The minimum Gasteiger partial charge on any atom is -0.444 e. The molecule has 5 aliphatic heterocycles. The molecule has 3 unspecified atom stereocenters. The van der Waals surface area contributed by atoms with Gasteiger partial charge in [-0.1, -0.05) is 6.07 Å². The number of fused-ring (bicyclic) bond motifs is 5. The zero-order valence-electron chi connectivity index (χ0n) is 16.7. The van der Waals surface area contributed by atoms with E-state index in [4.69, 9.17) is 15.2 Å². The first kappa shape index (κ1) is 19.8. The monoisotopic (exact) mass is 419 g/mol. The van der Waals surface area contributed by atoms with Gasteiger partial charge in [-0.15, -0.1) is 12.4 Å². The number of aliphatic imine (C=N–C) groups is 1. The number of hydrazine groups is 1. The summed E-state index contributed by atoms with van der Waals surface area (Å²) in [6.45, 7) is 6.21. The third kappa shape index (κ3) is 2.93. The number of carbonyl (C=O) groups excluding carboxylic acids is 1. The van der Waals surface area contributed by atoms with Crippen molar-refractivity contribution in [2.24, 2.45) is 4.99 Å². The van der Waals surface area contributed by atoms with Crippen LogP contribution in [0.1, 0.15) is 45.3 Å². The molecule has 6 rings (SSSR count). The lowest BCUT2D eigenvalue weighted by molar-refractivity contribution is -0.289. The summed E-state index contributed by atoms with van der Waals surface area (Å²) in [4.78, 5) is 19.3. The van der Waals surface area contributed by atoms with Gasteiger partial charge in [0.15, 0.2) is 11.9 Å². The molecule has 5 heterocycles. The second-order valence-electron chi connectivity index (χ2n) is 8.66. The van der Waals surface area contributed by atoms with Crippen LogP contribution in [0.5, 0.6) is 0 Å². The van der Waals surface area contributed by atoms with E-state index in [1.807, 2.05) is 50.1 Å². The molecule has 3 saturated heterocycles. The van der Waals surface area contributed by atoms with E-state index < -0.39 is 11.3 Å². The lowest BCUT2D eigenvalue weighted by Crippen LogP contribution is -2.71. The van der Waals surface area contributed by atoms with Gasteiger partial charge in [-0.3, -0.25) is 20.3 Å². The number of benzene rings is 1. The molecule has 8 nitrogen and oxygen atoms in total. The van der Waals surface area contributed by atoms with E-state index in [0.717, 1.165) is 29.8 Å². The van der Waals surface area contributed by atoms with Crippen LogP contribution in [0.4, 0.5) is 16.2 Å². The molecular weight excluding hydrogens is 394 g/mol. The van der Waals surface area contributed by atoms with Crippen molar-refractivity contribution < 1.29 is 14.3 Å². The molecule has 0 spiro atoms. The molecule has 3 atom stereocenters. The third-order valence-electron chi connectivity index (χ3n) is 5.59. The molecule has 9 heteroatoms. The van der Waals surface area contributed by atoms with Crippen LogP contribution in [-0.2, 0) is 9.47 Å². The highest BCUT2D eigenvalue weighted by Crippen LogP contribution is 2.53. The minimum absolute atomic E-state index is 0. The molecule has 156 valence electrons. The number of amides is 1. The standard InChI is InChI=1S/C20H25N5O3.ClH/c1-19(2,3)28-18(26)24-10-8-12-11-20(24,27-12)15-7-9-22-17-16-13(21)5-4-6-14(16)23-25(15)17;/h4-7,9,12,17,23H,8,10-11,21H2,1-3H3;1H. The maximum atomic E-state index is 13.0. The first-order valence-corrected chi connectivity index (χ1v) is 9.65. The zero-order chi connectivity index (χ0) is 19.7. The van der Waals surface area contributed by atoms with E-state index in [2.05, 4.69) is 10.4 Å². The molecule has 0 aliphatic carbocycles. The average Bonchev–Trinajstić information content (AvgIpc) is 2.99. The smallest absolute Gasteiger partial charge is 0.412 e. The Morgan fingerprint density at radius 3 is 2.90 bits per heavy atom. The Kier molecular flexibility index (Phi) is 4.47. The summed E-state index contributed by atoms with van der Waals surface area (Å²) in [5.74, 6) is 0. The number of nitrogens with two attached hydrogens (primary N) is 1. The van der Waals surface area contributed by atoms with E-state index in [9.17, 15) is 4.79 Å². The van der Waals surface area contributed by atoms with Crippen LogP contribution in [-0.4, -0.2) is 46.2 Å². The van der Waals surface area contributed by atoms with Crippen LogP contribution in [0.15, 0.2) is 35.0 Å². The van der Waals surface area contributed by atoms with Crippen molar-refractivity contribution in [2.45, 2.75) is 57.2 Å². The molecule has 3 fully saturated rings. The highest BCUT2D eigenvalue weighted by molar-refractivity contribution is 5.85. The summed E-state index contributed by atoms with van der Waals surface area (Å²) in [5, 5.41) is 1.96. The first-order valence-electron chi connectivity index (χ1n) is 9.65. The Morgan fingerprint density at radius 2 is 2.17 bits per heavy atom. The fourth-order valence-corrected chi connectivity index (χ4v) is 4.44. The highest BCUT2D eigenvalue weighted by Gasteiger charge is 2.61. The lowest BCUT2D eigenvalue weighted by Gasteiger charge is -2.60. The fraction of sp³-hybridized carbons (Fsp3) is 0.500. The van der Waals surface area contributed by atoms with Crippen LogP contribution >= 0.6 is 12.4 Å². The van der Waals surface area contributed by atoms with Gasteiger partial charge >= 0.3 is 6.09 Å². The van der Waals surface area contributed by atoms with Crippen LogP contribution < -0.4 is 11.2 Å². The van der Waals surface area contributed by atoms with Crippen LogP contribution in [0.2, 0.25) is 0 Å². The quantitative estimate of drug-likeness (QED) is 0.677. The van der Waals surface area contributed by atoms with Crippen molar-refractivity contribution in [1.29, 1.82) is 0 Å². The van der Waals surface area contributed by atoms with Gasteiger partial charge in [-0.25, -0.2) is 4.79 Å². The summed E-state index contributed by atoms with van der Waals surface area (Å²) in [7, 11) is 0. The number of hydrogen-bond acceptors (Lipinski definition) is 7. The van der Waals surface area contributed by atoms with Crippen molar-refractivity contribution in [2.75, 3.05) is 17.7 Å². The van der Waals surface area contributed by atoms with Gasteiger partial charge in [0.2, 0.25) is 0 Å². The molecule has 3 N–H and O–H groups in total. The zero-order valence-corrected chi connectivity index (χ0v) is 17.5. The topological polar surface area (TPSA) is 92.4 Å². The summed E-state index contributed by atoms with van der Waals surface area (Å²) in [6.07, 6.45) is 4.75. The number of nitrogens with one attached hydrogen (secondary N) is 1. The van der Waals surface area contributed by atoms with Gasteiger partial charge in [0.25, 0.3) is 0 Å². The van der Waals surface area contributed by atoms with E-state index in [-0.39, 0.29) is 30.8 Å². The number of carbonyl (C=O) groups is 1. The maximum absolute atomic E-state index is 13.0. The van der Waals surface area contributed by atoms with Crippen molar-refractivity contribution in [3.05, 3.63) is 35.5 Å². The molecule has 0 saturated carbocycles. The number of hydrogen-bond donors (Lipinski definition) is 2. The predicted molar refractivity (Wildman–Crippen MR) is 113 cm³/mol. The highest BCUT2D eigenvalue weighted by atomic mass is 35.5. The number of piperidine rings is 1. The SMILES string of the molecule is CC(C)(C)OC(=O)N1CCC2CC1(C1=CC=NC3c4c(N)cccc4NN13)O2.Cl.